The molecule has 0 radical (unpaired) electrons. The maximum Gasteiger partial charge on any atom is 0.262 e. The van der Waals surface area contributed by atoms with E-state index in [1.54, 1.807) is 43.8 Å². The number of anilines is 1. The van der Waals surface area contributed by atoms with Gasteiger partial charge < -0.3 is 4.74 Å². The molecular weight excluding hydrogens is 400 g/mol. The van der Waals surface area contributed by atoms with Crippen LogP contribution in [0.2, 0.25) is 5.02 Å². The summed E-state index contributed by atoms with van der Waals surface area (Å²) in [5.74, 6) is 0.678. The number of aryl methyl sites for hydroxylation is 2. The van der Waals surface area contributed by atoms with Gasteiger partial charge in [0.1, 0.15) is 23.1 Å². The van der Waals surface area contributed by atoms with Gasteiger partial charge in [-0.2, -0.15) is 10.4 Å². The van der Waals surface area contributed by atoms with Gasteiger partial charge in [0.25, 0.3) is 10.0 Å². The molecule has 0 bridgehead atoms. The van der Waals surface area contributed by atoms with Crippen molar-refractivity contribution < 1.29 is 13.2 Å². The summed E-state index contributed by atoms with van der Waals surface area (Å²) < 4.78 is 35.2. The maximum atomic E-state index is 12.7. The minimum atomic E-state index is -3.79. The van der Waals surface area contributed by atoms with Crippen LogP contribution in [0.4, 0.5) is 5.69 Å². The van der Waals surface area contributed by atoms with Crippen molar-refractivity contribution in [1.29, 1.82) is 5.26 Å². The van der Waals surface area contributed by atoms with Gasteiger partial charge in [-0.3, -0.25) is 9.40 Å². The van der Waals surface area contributed by atoms with Gasteiger partial charge in [0.15, 0.2) is 0 Å². The Morgan fingerprint density at radius 2 is 1.86 bits per heavy atom. The summed E-state index contributed by atoms with van der Waals surface area (Å²) in [6.45, 7) is 3.52. The first-order valence-corrected chi connectivity index (χ1v) is 10.1. The molecule has 1 aromatic heterocycles. The monoisotopic (exact) mass is 416 g/mol. The molecule has 144 valence electrons. The van der Waals surface area contributed by atoms with Crippen molar-refractivity contribution in [2.75, 3.05) is 4.72 Å². The molecule has 0 saturated carbocycles. The number of nitriles is 1. The van der Waals surface area contributed by atoms with E-state index >= 15 is 0 Å². The quantitative estimate of drug-likeness (QED) is 0.673. The first kappa shape index (κ1) is 19.7. The van der Waals surface area contributed by atoms with Gasteiger partial charge in [0.05, 0.1) is 27.0 Å². The second kappa shape index (κ2) is 7.54. The summed E-state index contributed by atoms with van der Waals surface area (Å²) in [5, 5.41) is 13.7. The number of nitrogens with zero attached hydrogens (tertiary/aromatic N) is 3. The van der Waals surface area contributed by atoms with E-state index < -0.39 is 10.0 Å². The number of hydrogen-bond acceptors (Lipinski definition) is 5. The number of rotatable bonds is 5. The molecule has 3 aromatic rings. The van der Waals surface area contributed by atoms with Crippen LogP contribution in [0.3, 0.4) is 0 Å². The van der Waals surface area contributed by atoms with E-state index in [1.807, 2.05) is 6.07 Å². The molecule has 0 fully saturated rings. The zero-order valence-electron chi connectivity index (χ0n) is 15.4. The van der Waals surface area contributed by atoms with Crippen molar-refractivity contribution in [2.24, 2.45) is 7.05 Å². The largest absolute Gasteiger partial charge is 0.456 e. The highest BCUT2D eigenvalue weighted by atomic mass is 35.5. The fraction of sp³-hybridized carbons (Fsp3) is 0.158. The van der Waals surface area contributed by atoms with Crippen molar-refractivity contribution in [3.8, 4) is 17.6 Å². The van der Waals surface area contributed by atoms with E-state index in [0.29, 0.717) is 28.6 Å². The fourth-order valence-corrected chi connectivity index (χ4v) is 4.01. The Kier molecular flexibility index (Phi) is 5.31. The molecule has 0 spiro atoms. The molecule has 0 unspecified atom stereocenters. The Labute approximate surface area is 168 Å². The van der Waals surface area contributed by atoms with Crippen LogP contribution >= 0.6 is 11.6 Å². The number of benzene rings is 2. The molecule has 1 heterocycles. The summed E-state index contributed by atoms with van der Waals surface area (Å²) in [7, 11) is -2.04. The average molecular weight is 417 g/mol. The molecule has 0 amide bonds. The average Bonchev–Trinajstić information content (AvgIpc) is 2.88. The Hall–Kier alpha value is -3.02. The van der Waals surface area contributed by atoms with E-state index in [9.17, 15) is 13.7 Å². The molecule has 28 heavy (non-hydrogen) atoms. The zero-order valence-corrected chi connectivity index (χ0v) is 17.0. The number of nitrogens with one attached hydrogen (secondary N) is 1. The van der Waals surface area contributed by atoms with Gasteiger partial charge in [-0.1, -0.05) is 17.7 Å². The highest BCUT2D eigenvalue weighted by Crippen LogP contribution is 2.30. The normalized spacial score (nSPS) is 11.1. The lowest BCUT2D eigenvalue weighted by atomic mass is 10.2. The van der Waals surface area contributed by atoms with E-state index in [2.05, 4.69) is 9.82 Å². The van der Waals surface area contributed by atoms with Gasteiger partial charge in [0, 0.05) is 7.05 Å². The van der Waals surface area contributed by atoms with Crippen molar-refractivity contribution in [2.45, 2.75) is 18.7 Å². The van der Waals surface area contributed by atoms with Crippen molar-refractivity contribution in [1.82, 2.24) is 9.78 Å². The van der Waals surface area contributed by atoms with Gasteiger partial charge >= 0.3 is 0 Å². The molecule has 0 aliphatic rings. The van der Waals surface area contributed by atoms with Crippen molar-refractivity contribution in [3.05, 3.63) is 64.4 Å². The second-order valence-corrected chi connectivity index (χ2v) is 8.16. The van der Waals surface area contributed by atoms with Gasteiger partial charge in [0.2, 0.25) is 0 Å². The summed E-state index contributed by atoms with van der Waals surface area (Å²) in [6, 6.07) is 12.7. The molecule has 2 aromatic carbocycles. The lowest BCUT2D eigenvalue weighted by Crippen LogP contribution is -2.14. The lowest BCUT2D eigenvalue weighted by molar-refractivity contribution is 0.480. The van der Waals surface area contributed by atoms with Crippen LogP contribution in [-0.4, -0.2) is 18.2 Å². The predicted molar refractivity (Wildman–Crippen MR) is 106 cm³/mol. The third-order valence-electron chi connectivity index (χ3n) is 4.19. The lowest BCUT2D eigenvalue weighted by Gasteiger charge is -2.11. The number of halogens is 1. The van der Waals surface area contributed by atoms with Gasteiger partial charge in [-0.05, 0) is 50.2 Å². The summed E-state index contributed by atoms with van der Waals surface area (Å²) in [6.07, 6.45) is 0. The molecule has 1 N–H and O–H groups in total. The van der Waals surface area contributed by atoms with Crippen LogP contribution in [0, 0.1) is 25.2 Å². The molecule has 0 atom stereocenters. The standard InChI is InChI=1S/C19H17ClN4O3S/c1-12-19(13(2)24(3)22-12)23-28(25,26)15-9-7-14(8-10-15)27-18-6-4-5-17(20)16(18)11-21/h4-10,23H,1-3H3. The Balaban J connectivity index is 1.84. The number of ether oxygens (including phenoxy) is 1. The number of hydrogen-bond donors (Lipinski definition) is 1. The minimum Gasteiger partial charge on any atom is -0.456 e. The van der Waals surface area contributed by atoms with Crippen LogP contribution in [0.1, 0.15) is 17.0 Å². The minimum absolute atomic E-state index is 0.0779. The Bertz CT molecular complexity index is 1180. The molecular formula is C19H17ClN4O3S. The van der Waals surface area contributed by atoms with E-state index in [-0.39, 0.29) is 15.5 Å². The topological polar surface area (TPSA) is 97.0 Å². The fourth-order valence-electron chi connectivity index (χ4n) is 2.63. The third-order valence-corrected chi connectivity index (χ3v) is 5.88. The SMILES string of the molecule is Cc1nn(C)c(C)c1NS(=O)(=O)c1ccc(Oc2cccc(Cl)c2C#N)cc1. The predicted octanol–water partition coefficient (Wildman–Crippen LogP) is 4.16. The maximum absolute atomic E-state index is 12.7. The molecule has 9 heteroatoms. The third kappa shape index (κ3) is 3.81. The molecule has 7 nitrogen and oxygen atoms in total. The van der Waals surface area contributed by atoms with Gasteiger partial charge in [-0.15, -0.1) is 0 Å². The first-order chi connectivity index (χ1) is 13.2. The number of sulfonamides is 1. The van der Waals surface area contributed by atoms with Crippen LogP contribution in [0.15, 0.2) is 47.4 Å². The smallest absolute Gasteiger partial charge is 0.262 e. The molecule has 0 saturated heterocycles. The van der Waals surface area contributed by atoms with E-state index in [1.165, 1.54) is 24.3 Å². The molecule has 0 aliphatic heterocycles. The van der Waals surface area contributed by atoms with Crippen LogP contribution in [0.5, 0.6) is 11.5 Å². The summed E-state index contributed by atoms with van der Waals surface area (Å²) >= 11 is 5.99. The summed E-state index contributed by atoms with van der Waals surface area (Å²) in [5.41, 5.74) is 1.98. The van der Waals surface area contributed by atoms with Gasteiger partial charge in [-0.25, -0.2) is 8.42 Å². The first-order valence-electron chi connectivity index (χ1n) is 8.22. The van der Waals surface area contributed by atoms with E-state index in [0.717, 1.165) is 0 Å². The van der Waals surface area contributed by atoms with Crippen LogP contribution in [-0.2, 0) is 17.1 Å². The number of aromatic nitrogens is 2. The van der Waals surface area contributed by atoms with Crippen molar-refractivity contribution in [3.63, 3.8) is 0 Å². The van der Waals surface area contributed by atoms with E-state index in [4.69, 9.17) is 16.3 Å². The summed E-state index contributed by atoms with van der Waals surface area (Å²) in [4.78, 5) is 0.0779. The molecule has 3 rings (SSSR count). The Morgan fingerprint density at radius 1 is 1.18 bits per heavy atom. The van der Waals surface area contributed by atoms with Crippen LogP contribution in [0.25, 0.3) is 0 Å². The highest BCUT2D eigenvalue weighted by molar-refractivity contribution is 7.92. The van der Waals surface area contributed by atoms with Crippen LogP contribution < -0.4 is 9.46 Å². The van der Waals surface area contributed by atoms with Crippen molar-refractivity contribution >= 4 is 27.3 Å². The second-order valence-electron chi connectivity index (χ2n) is 6.07. The molecule has 0 aliphatic carbocycles. The highest BCUT2D eigenvalue weighted by Gasteiger charge is 2.19. The zero-order chi connectivity index (χ0) is 20.5. The Morgan fingerprint density at radius 3 is 2.43 bits per heavy atom.